The van der Waals surface area contributed by atoms with E-state index >= 15 is 0 Å². The molecule has 2 aliphatic heterocycles. The van der Waals surface area contributed by atoms with Crippen LogP contribution in [0.1, 0.15) is 42.9 Å². The van der Waals surface area contributed by atoms with Crippen LogP contribution >= 0.6 is 0 Å². The highest BCUT2D eigenvalue weighted by atomic mass is 16.5. The Balaban J connectivity index is 1.53. The van der Waals surface area contributed by atoms with Gasteiger partial charge in [-0.3, -0.25) is 0 Å². The van der Waals surface area contributed by atoms with Crippen LogP contribution in [0.2, 0.25) is 0 Å². The van der Waals surface area contributed by atoms with Crippen LogP contribution in [0.15, 0.2) is 18.2 Å². The smallest absolute Gasteiger partial charge is 0.122 e. The van der Waals surface area contributed by atoms with Gasteiger partial charge in [0.15, 0.2) is 0 Å². The molecule has 120 valence electrons. The van der Waals surface area contributed by atoms with Crippen molar-refractivity contribution in [2.24, 2.45) is 5.92 Å². The van der Waals surface area contributed by atoms with Crippen LogP contribution in [0, 0.1) is 5.92 Å². The lowest BCUT2D eigenvalue weighted by molar-refractivity contribution is 0.0146. The Kier molecular flexibility index (Phi) is 4.07. The molecule has 0 radical (unpaired) electrons. The van der Waals surface area contributed by atoms with Crippen molar-refractivity contribution in [3.05, 3.63) is 29.3 Å². The van der Waals surface area contributed by atoms with Gasteiger partial charge < -0.3 is 19.9 Å². The molecule has 0 bridgehead atoms. The SMILES string of the molecule is OC1CC([C@@H](NC2CCOCC2)c2ccc3c(c2)CCO3)C1. The second-order valence-corrected chi connectivity index (χ2v) is 6.88. The second kappa shape index (κ2) is 6.19. The number of nitrogens with one attached hydrogen (secondary N) is 1. The minimum atomic E-state index is -0.109. The fourth-order valence-corrected chi connectivity index (χ4v) is 3.92. The van der Waals surface area contributed by atoms with E-state index in [1.807, 2.05) is 0 Å². The number of hydrogen-bond donors (Lipinski definition) is 2. The third kappa shape index (κ3) is 2.87. The lowest BCUT2D eigenvalue weighted by atomic mass is 9.74. The Bertz CT molecular complexity index is 521. The average molecular weight is 303 g/mol. The average Bonchev–Trinajstić information content (AvgIpc) is 2.98. The molecule has 2 heterocycles. The summed E-state index contributed by atoms with van der Waals surface area (Å²) in [4.78, 5) is 0. The first-order valence-electron chi connectivity index (χ1n) is 8.57. The molecule has 1 aromatic rings. The van der Waals surface area contributed by atoms with E-state index in [-0.39, 0.29) is 6.10 Å². The van der Waals surface area contributed by atoms with Gasteiger partial charge in [0.25, 0.3) is 0 Å². The van der Waals surface area contributed by atoms with E-state index < -0.39 is 0 Å². The van der Waals surface area contributed by atoms with Gasteiger partial charge in [-0.25, -0.2) is 0 Å². The Hall–Kier alpha value is -1.10. The summed E-state index contributed by atoms with van der Waals surface area (Å²) in [5.74, 6) is 1.58. The maximum absolute atomic E-state index is 9.71. The molecule has 4 rings (SSSR count). The number of ether oxygens (including phenoxy) is 2. The van der Waals surface area contributed by atoms with Crippen LogP contribution in [0.5, 0.6) is 5.75 Å². The fraction of sp³-hybridized carbons (Fsp3) is 0.667. The highest BCUT2D eigenvalue weighted by Crippen LogP contribution is 2.40. The van der Waals surface area contributed by atoms with Crippen molar-refractivity contribution in [2.45, 2.75) is 50.3 Å². The van der Waals surface area contributed by atoms with Crippen LogP contribution in [0.3, 0.4) is 0 Å². The zero-order valence-corrected chi connectivity index (χ0v) is 13.0. The minimum absolute atomic E-state index is 0.109. The molecule has 2 N–H and O–H groups in total. The largest absolute Gasteiger partial charge is 0.493 e. The van der Waals surface area contributed by atoms with Crippen LogP contribution in [0.25, 0.3) is 0 Å². The standard InChI is InChI=1S/C18H25NO3/c20-16-10-14(11-16)18(19-15-4-6-21-7-5-15)13-1-2-17-12(9-13)3-8-22-17/h1-2,9,14-16,18-20H,3-8,10-11H2/t14?,16?,18-/m0/s1. The topological polar surface area (TPSA) is 50.7 Å². The van der Waals surface area contributed by atoms with Gasteiger partial charge >= 0.3 is 0 Å². The minimum Gasteiger partial charge on any atom is -0.493 e. The molecule has 4 nitrogen and oxygen atoms in total. The molecule has 1 aliphatic carbocycles. The maximum atomic E-state index is 9.71. The normalized spacial score (nSPS) is 29.5. The predicted molar refractivity (Wildman–Crippen MR) is 84.1 cm³/mol. The summed E-state index contributed by atoms with van der Waals surface area (Å²) in [5.41, 5.74) is 2.68. The number of fused-ring (bicyclic) bond motifs is 1. The molecule has 0 aromatic heterocycles. The molecule has 22 heavy (non-hydrogen) atoms. The van der Waals surface area contributed by atoms with E-state index in [2.05, 4.69) is 23.5 Å². The maximum Gasteiger partial charge on any atom is 0.122 e. The van der Waals surface area contributed by atoms with Gasteiger partial charge in [-0.15, -0.1) is 0 Å². The first-order chi connectivity index (χ1) is 10.8. The molecule has 1 saturated heterocycles. The highest BCUT2D eigenvalue weighted by molar-refractivity contribution is 5.41. The summed E-state index contributed by atoms with van der Waals surface area (Å²) in [7, 11) is 0. The van der Waals surface area contributed by atoms with Crippen molar-refractivity contribution in [1.82, 2.24) is 5.32 Å². The van der Waals surface area contributed by atoms with Gasteiger partial charge in [0.2, 0.25) is 0 Å². The Morgan fingerprint density at radius 3 is 2.73 bits per heavy atom. The monoisotopic (exact) mass is 303 g/mol. The molecular weight excluding hydrogens is 278 g/mol. The van der Waals surface area contributed by atoms with Crippen molar-refractivity contribution < 1.29 is 14.6 Å². The third-order valence-electron chi connectivity index (χ3n) is 5.33. The number of rotatable bonds is 4. The summed E-state index contributed by atoms with van der Waals surface area (Å²) >= 11 is 0. The van der Waals surface area contributed by atoms with Gasteiger partial charge in [-0.2, -0.15) is 0 Å². The highest BCUT2D eigenvalue weighted by Gasteiger charge is 2.36. The molecule has 1 atom stereocenters. The summed E-state index contributed by atoms with van der Waals surface area (Å²) in [6.07, 6.45) is 4.89. The van der Waals surface area contributed by atoms with Crippen molar-refractivity contribution in [3.8, 4) is 5.75 Å². The molecule has 2 fully saturated rings. The van der Waals surface area contributed by atoms with Crippen molar-refractivity contribution in [3.63, 3.8) is 0 Å². The predicted octanol–water partition coefficient (Wildman–Crippen LogP) is 2.20. The van der Waals surface area contributed by atoms with Gasteiger partial charge in [-0.05, 0) is 48.8 Å². The van der Waals surface area contributed by atoms with Gasteiger partial charge in [0.1, 0.15) is 5.75 Å². The summed E-state index contributed by atoms with van der Waals surface area (Å²) in [6, 6.07) is 7.50. The van der Waals surface area contributed by atoms with E-state index in [1.165, 1.54) is 11.1 Å². The lowest BCUT2D eigenvalue weighted by Crippen LogP contribution is -2.44. The number of hydrogen-bond acceptors (Lipinski definition) is 4. The number of aliphatic hydroxyl groups is 1. The first-order valence-corrected chi connectivity index (χ1v) is 8.57. The van der Waals surface area contributed by atoms with Crippen molar-refractivity contribution in [1.29, 1.82) is 0 Å². The molecule has 4 heteroatoms. The molecular formula is C18H25NO3. The first kappa shape index (κ1) is 14.5. The summed E-state index contributed by atoms with van der Waals surface area (Å²) in [5, 5.41) is 13.6. The molecule has 0 unspecified atom stereocenters. The molecule has 0 spiro atoms. The Labute approximate surface area is 131 Å². The molecule has 3 aliphatic rings. The van der Waals surface area contributed by atoms with Gasteiger partial charge in [-0.1, -0.05) is 12.1 Å². The van der Waals surface area contributed by atoms with Gasteiger partial charge in [0, 0.05) is 31.7 Å². The second-order valence-electron chi connectivity index (χ2n) is 6.88. The fourth-order valence-electron chi connectivity index (χ4n) is 3.92. The zero-order chi connectivity index (χ0) is 14.9. The Morgan fingerprint density at radius 2 is 1.95 bits per heavy atom. The van der Waals surface area contributed by atoms with E-state index in [0.717, 1.165) is 57.7 Å². The molecule has 1 aromatic carbocycles. The van der Waals surface area contributed by atoms with Crippen LogP contribution < -0.4 is 10.1 Å². The van der Waals surface area contributed by atoms with E-state index in [0.29, 0.717) is 18.0 Å². The number of benzene rings is 1. The van der Waals surface area contributed by atoms with Crippen LogP contribution in [-0.4, -0.2) is 37.1 Å². The van der Waals surface area contributed by atoms with Crippen LogP contribution in [0.4, 0.5) is 0 Å². The number of aliphatic hydroxyl groups excluding tert-OH is 1. The molecule has 1 saturated carbocycles. The van der Waals surface area contributed by atoms with E-state index in [1.54, 1.807) is 0 Å². The van der Waals surface area contributed by atoms with Crippen LogP contribution in [-0.2, 0) is 11.2 Å². The van der Waals surface area contributed by atoms with Gasteiger partial charge in [0.05, 0.1) is 12.7 Å². The van der Waals surface area contributed by atoms with E-state index in [4.69, 9.17) is 9.47 Å². The summed E-state index contributed by atoms with van der Waals surface area (Å²) in [6.45, 7) is 2.52. The molecule has 0 amide bonds. The van der Waals surface area contributed by atoms with Crippen molar-refractivity contribution in [2.75, 3.05) is 19.8 Å². The Morgan fingerprint density at radius 1 is 1.14 bits per heavy atom. The third-order valence-corrected chi connectivity index (χ3v) is 5.33. The lowest BCUT2D eigenvalue weighted by Gasteiger charge is -2.41. The van der Waals surface area contributed by atoms with Crippen molar-refractivity contribution >= 4 is 0 Å². The summed E-state index contributed by atoms with van der Waals surface area (Å²) < 4.78 is 11.1. The van der Waals surface area contributed by atoms with E-state index in [9.17, 15) is 5.11 Å². The zero-order valence-electron chi connectivity index (χ0n) is 13.0. The quantitative estimate of drug-likeness (QED) is 0.895.